The molecule has 0 unspecified atom stereocenters. The number of rotatable bonds is 2. The van der Waals surface area contributed by atoms with Crippen molar-refractivity contribution in [3.63, 3.8) is 0 Å². The summed E-state index contributed by atoms with van der Waals surface area (Å²) in [5.74, 6) is -0.782. The molecule has 0 bridgehead atoms. The molecule has 0 fully saturated rings. The van der Waals surface area contributed by atoms with Crippen molar-refractivity contribution in [1.82, 2.24) is 0 Å². The molecule has 4 heteroatoms. The second-order valence-electron chi connectivity index (χ2n) is 1.88. The van der Waals surface area contributed by atoms with E-state index in [2.05, 4.69) is 11.3 Å². The number of ether oxygens (including phenoxy) is 1. The van der Waals surface area contributed by atoms with Crippen molar-refractivity contribution < 1.29 is 9.53 Å². The molecule has 56 valence electrons. The maximum Gasteiger partial charge on any atom is 0.332 e. The summed E-state index contributed by atoms with van der Waals surface area (Å²) in [4.78, 5) is 10.5. The Morgan fingerprint density at radius 2 is 2.09 bits per heavy atom. The highest BCUT2D eigenvalue weighted by atomic mass is 16.6. The van der Waals surface area contributed by atoms with Gasteiger partial charge >= 0.3 is 5.97 Å². The van der Waals surface area contributed by atoms with E-state index in [1.807, 2.05) is 0 Å². The minimum Gasteiger partial charge on any atom is -0.427 e. The van der Waals surface area contributed by atoms with Crippen LogP contribution in [-0.2, 0) is 9.53 Å². The van der Waals surface area contributed by atoms with Gasteiger partial charge in [-0.25, -0.2) is 4.79 Å². The van der Waals surface area contributed by atoms with E-state index < -0.39 is 11.6 Å². The van der Waals surface area contributed by atoms with Gasteiger partial charge in [-0.3, -0.25) is 0 Å². The average Bonchev–Trinajstić information content (AvgIpc) is 2.04. The van der Waals surface area contributed by atoms with Crippen molar-refractivity contribution in [3.8, 4) is 12.1 Å². The maximum absolute atomic E-state index is 10.5. The van der Waals surface area contributed by atoms with Crippen LogP contribution in [0, 0.1) is 22.7 Å². The van der Waals surface area contributed by atoms with Crippen LogP contribution in [0.15, 0.2) is 12.7 Å². The van der Waals surface area contributed by atoms with Gasteiger partial charge in [0.2, 0.25) is 0 Å². The van der Waals surface area contributed by atoms with Gasteiger partial charge in [-0.1, -0.05) is 6.58 Å². The molecule has 0 spiro atoms. The third-order valence-electron chi connectivity index (χ3n) is 0.898. The molecule has 0 atom stereocenters. The van der Waals surface area contributed by atoms with Crippen LogP contribution >= 0.6 is 0 Å². The van der Waals surface area contributed by atoms with Crippen molar-refractivity contribution in [2.45, 2.75) is 12.5 Å². The Morgan fingerprint density at radius 3 is 2.36 bits per heavy atom. The Hall–Kier alpha value is -1.81. The summed E-state index contributed by atoms with van der Waals surface area (Å²) in [5.41, 5.74) is -1.70. The highest BCUT2D eigenvalue weighted by molar-refractivity contribution is 5.82. The molecule has 0 rings (SSSR count). The second-order valence-corrected chi connectivity index (χ2v) is 1.88. The summed E-state index contributed by atoms with van der Waals surface area (Å²) >= 11 is 0. The molecule has 4 nitrogen and oxygen atoms in total. The number of nitrogens with zero attached hydrogens (tertiary/aromatic N) is 2. The highest BCUT2D eigenvalue weighted by Gasteiger charge is 2.26. The van der Waals surface area contributed by atoms with Crippen LogP contribution in [0.3, 0.4) is 0 Å². The Kier molecular flexibility index (Phi) is 2.82. The molecule has 0 aliphatic heterocycles. The topological polar surface area (TPSA) is 73.9 Å². The lowest BCUT2D eigenvalue weighted by Crippen LogP contribution is -2.26. The summed E-state index contributed by atoms with van der Waals surface area (Å²) in [5, 5.41) is 16.7. The lowest BCUT2D eigenvalue weighted by Gasteiger charge is -2.10. The predicted octanol–water partition coefficient (Wildman–Crippen LogP) is 0.521. The zero-order valence-electron chi connectivity index (χ0n) is 6.00. The molecule has 0 N–H and O–H groups in total. The van der Waals surface area contributed by atoms with Crippen LogP contribution in [0.5, 0.6) is 0 Å². The smallest absolute Gasteiger partial charge is 0.332 e. The van der Waals surface area contributed by atoms with E-state index >= 15 is 0 Å². The van der Waals surface area contributed by atoms with Crippen LogP contribution in [0.2, 0.25) is 0 Å². The van der Waals surface area contributed by atoms with Gasteiger partial charge in [0.15, 0.2) is 0 Å². The maximum atomic E-state index is 10.5. The Balaban J connectivity index is 4.38. The number of esters is 1. The largest absolute Gasteiger partial charge is 0.427 e. The fourth-order valence-electron chi connectivity index (χ4n) is 0.313. The van der Waals surface area contributed by atoms with Gasteiger partial charge in [0.25, 0.3) is 5.60 Å². The van der Waals surface area contributed by atoms with Crippen LogP contribution in [0.1, 0.15) is 6.92 Å². The Labute approximate surface area is 64.3 Å². The lowest BCUT2D eigenvalue weighted by molar-refractivity contribution is -0.143. The van der Waals surface area contributed by atoms with E-state index in [9.17, 15) is 4.79 Å². The first-order chi connectivity index (χ1) is 5.08. The Bertz CT molecular complexity index is 243. The van der Waals surface area contributed by atoms with Gasteiger partial charge in [0.1, 0.15) is 12.1 Å². The number of carbonyl (C=O) groups is 1. The quantitative estimate of drug-likeness (QED) is 0.425. The highest BCUT2D eigenvalue weighted by Crippen LogP contribution is 2.06. The van der Waals surface area contributed by atoms with E-state index in [-0.39, 0.29) is 0 Å². The standard InChI is InChI=1S/C7H6N2O2/c1-3-6(10)11-7(2,4-8)5-9/h3H,1H2,2H3. The molecule has 0 aromatic rings. The van der Waals surface area contributed by atoms with Crippen LogP contribution < -0.4 is 0 Å². The minimum absolute atomic E-state index is 0.782. The van der Waals surface area contributed by atoms with Crippen molar-refractivity contribution in [1.29, 1.82) is 10.5 Å². The van der Waals surface area contributed by atoms with E-state index in [1.54, 1.807) is 12.1 Å². The monoisotopic (exact) mass is 150 g/mol. The second kappa shape index (κ2) is 3.38. The lowest BCUT2D eigenvalue weighted by atomic mass is 10.1. The van der Waals surface area contributed by atoms with Crippen LogP contribution in [0.25, 0.3) is 0 Å². The fraction of sp³-hybridized carbons (Fsp3) is 0.286. The fourth-order valence-corrected chi connectivity index (χ4v) is 0.313. The zero-order chi connectivity index (χ0) is 8.91. The molecule has 0 saturated carbocycles. The van der Waals surface area contributed by atoms with Crippen LogP contribution in [-0.4, -0.2) is 11.6 Å². The number of hydrogen-bond donors (Lipinski definition) is 0. The van der Waals surface area contributed by atoms with Gasteiger partial charge in [-0.2, -0.15) is 10.5 Å². The molecule has 0 aromatic carbocycles. The summed E-state index contributed by atoms with van der Waals surface area (Å²) in [6.07, 6.45) is 0.896. The first kappa shape index (κ1) is 9.19. The molecule has 0 aromatic heterocycles. The molecule has 11 heavy (non-hydrogen) atoms. The van der Waals surface area contributed by atoms with Gasteiger partial charge < -0.3 is 4.74 Å². The van der Waals surface area contributed by atoms with E-state index in [0.29, 0.717) is 0 Å². The van der Waals surface area contributed by atoms with Crippen molar-refractivity contribution in [3.05, 3.63) is 12.7 Å². The molecule has 0 amide bonds. The molecule has 0 aliphatic rings. The zero-order valence-corrected chi connectivity index (χ0v) is 6.00. The van der Waals surface area contributed by atoms with E-state index in [1.165, 1.54) is 6.92 Å². The SMILES string of the molecule is C=CC(=O)OC(C)(C#N)C#N. The average molecular weight is 150 g/mol. The third-order valence-corrected chi connectivity index (χ3v) is 0.898. The number of nitriles is 2. The summed E-state index contributed by atoms with van der Waals surface area (Å²) in [7, 11) is 0. The number of carbonyl (C=O) groups excluding carboxylic acids is 1. The van der Waals surface area contributed by atoms with E-state index in [4.69, 9.17) is 10.5 Å². The normalized spacial score (nSPS) is 9.00. The van der Waals surface area contributed by atoms with Gasteiger partial charge in [0.05, 0.1) is 0 Å². The minimum atomic E-state index is -1.70. The molecular weight excluding hydrogens is 144 g/mol. The van der Waals surface area contributed by atoms with E-state index in [0.717, 1.165) is 6.08 Å². The summed E-state index contributed by atoms with van der Waals surface area (Å²) in [6, 6.07) is 3.08. The first-order valence-electron chi connectivity index (χ1n) is 2.76. The van der Waals surface area contributed by atoms with Crippen LogP contribution in [0.4, 0.5) is 0 Å². The molecule has 0 radical (unpaired) electrons. The molecule has 0 heterocycles. The van der Waals surface area contributed by atoms with Crippen molar-refractivity contribution >= 4 is 5.97 Å². The number of hydrogen-bond acceptors (Lipinski definition) is 4. The first-order valence-corrected chi connectivity index (χ1v) is 2.76. The summed E-state index contributed by atoms with van der Waals surface area (Å²) in [6.45, 7) is 4.32. The molecular formula is C7H6N2O2. The molecule has 0 saturated heterocycles. The van der Waals surface area contributed by atoms with Crippen molar-refractivity contribution in [2.24, 2.45) is 0 Å². The molecule has 0 aliphatic carbocycles. The van der Waals surface area contributed by atoms with Gasteiger partial charge in [-0.05, 0) is 0 Å². The van der Waals surface area contributed by atoms with Gasteiger partial charge in [-0.15, -0.1) is 0 Å². The third kappa shape index (κ3) is 2.51. The van der Waals surface area contributed by atoms with Crippen molar-refractivity contribution in [2.75, 3.05) is 0 Å². The van der Waals surface area contributed by atoms with Gasteiger partial charge in [0, 0.05) is 13.0 Å². The summed E-state index contributed by atoms with van der Waals surface area (Å²) < 4.78 is 4.41. The Morgan fingerprint density at radius 1 is 1.64 bits per heavy atom. The predicted molar refractivity (Wildman–Crippen MR) is 35.9 cm³/mol.